The van der Waals surface area contributed by atoms with E-state index in [0.717, 1.165) is 10.7 Å². The zero-order valence-electron chi connectivity index (χ0n) is 9.02. The van der Waals surface area contributed by atoms with Gasteiger partial charge in [0.05, 0.1) is 10.7 Å². The Bertz CT molecular complexity index is 396. The molecule has 0 fully saturated rings. The third-order valence-corrected chi connectivity index (χ3v) is 2.93. The van der Waals surface area contributed by atoms with Gasteiger partial charge in [-0.15, -0.1) is 11.8 Å². The van der Waals surface area contributed by atoms with E-state index < -0.39 is 5.97 Å². The van der Waals surface area contributed by atoms with Crippen molar-refractivity contribution in [2.24, 2.45) is 7.05 Å². The van der Waals surface area contributed by atoms with E-state index in [0.29, 0.717) is 11.3 Å². The molecule has 4 nitrogen and oxygen atoms in total. The average molecular weight is 226 g/mol. The zero-order chi connectivity index (χ0) is 11.4. The normalized spacial score (nSPS) is 11.8. The summed E-state index contributed by atoms with van der Waals surface area (Å²) in [6.45, 7) is 3.53. The highest BCUT2D eigenvalue weighted by atomic mass is 32.2. The number of hydrogen-bond donors (Lipinski definition) is 1. The van der Waals surface area contributed by atoms with Crippen LogP contribution in [0.1, 0.15) is 12.6 Å². The first-order chi connectivity index (χ1) is 7.00. The molecule has 0 aliphatic heterocycles. The van der Waals surface area contributed by atoms with Crippen molar-refractivity contribution in [2.45, 2.75) is 18.9 Å². The van der Waals surface area contributed by atoms with Gasteiger partial charge >= 0.3 is 5.97 Å². The number of aliphatic carboxylic acids is 1. The minimum absolute atomic E-state index is 0.376. The number of hydrogen-bond acceptors (Lipinski definition) is 3. The Balaban J connectivity index is 2.55. The molecule has 0 spiro atoms. The number of carboxylic acids is 1. The monoisotopic (exact) mass is 226 g/mol. The number of carbonyl (C=O) groups is 1. The molecule has 1 rings (SSSR count). The van der Waals surface area contributed by atoms with Crippen molar-refractivity contribution in [3.8, 4) is 0 Å². The molecule has 0 atom stereocenters. The van der Waals surface area contributed by atoms with Gasteiger partial charge in [0.2, 0.25) is 0 Å². The molecule has 0 amide bonds. The molecule has 0 saturated carbocycles. The van der Waals surface area contributed by atoms with Gasteiger partial charge in [-0.3, -0.25) is 4.68 Å². The summed E-state index contributed by atoms with van der Waals surface area (Å²) in [6, 6.07) is 1.98. The Hall–Kier alpha value is -1.23. The number of carboxylic acid groups (broad SMARTS) is 1. The molecule has 1 aromatic heterocycles. The van der Waals surface area contributed by atoms with Gasteiger partial charge in [0, 0.05) is 18.4 Å². The molecule has 0 aliphatic rings. The van der Waals surface area contributed by atoms with Gasteiger partial charge in [-0.05, 0) is 19.9 Å². The fourth-order valence-electron chi connectivity index (χ4n) is 1.06. The molecule has 1 N–H and O–H groups in total. The molecular formula is C10H14N2O2S. The van der Waals surface area contributed by atoms with Crippen molar-refractivity contribution in [3.63, 3.8) is 0 Å². The Morgan fingerprint density at radius 3 is 2.87 bits per heavy atom. The zero-order valence-corrected chi connectivity index (χ0v) is 9.84. The number of aromatic nitrogens is 2. The average Bonchev–Trinajstić information content (AvgIpc) is 2.45. The van der Waals surface area contributed by atoms with Crippen LogP contribution in [-0.4, -0.2) is 26.6 Å². The van der Waals surface area contributed by atoms with Gasteiger partial charge in [0.15, 0.2) is 0 Å². The molecule has 82 valence electrons. The third-order valence-electron chi connectivity index (χ3n) is 1.92. The summed E-state index contributed by atoms with van der Waals surface area (Å²) in [4.78, 5) is 10.5. The Labute approximate surface area is 93.0 Å². The van der Waals surface area contributed by atoms with E-state index in [9.17, 15) is 4.79 Å². The molecule has 5 heteroatoms. The van der Waals surface area contributed by atoms with E-state index in [2.05, 4.69) is 5.10 Å². The topological polar surface area (TPSA) is 55.1 Å². The molecule has 0 bridgehead atoms. The van der Waals surface area contributed by atoms with E-state index in [-0.39, 0.29) is 0 Å². The van der Waals surface area contributed by atoms with Crippen molar-refractivity contribution in [1.29, 1.82) is 0 Å². The van der Waals surface area contributed by atoms with Crippen molar-refractivity contribution in [3.05, 3.63) is 23.4 Å². The van der Waals surface area contributed by atoms with Crippen LogP contribution in [-0.2, 0) is 11.8 Å². The summed E-state index contributed by atoms with van der Waals surface area (Å²) < 4.78 is 1.80. The summed E-state index contributed by atoms with van der Waals surface area (Å²) in [7, 11) is 1.88. The standard InChI is InChI=1S/C10H14N2O2S/c1-7(10(13)14)4-5-15-9-6-8(2)11-12(9)3/h4,6H,5H2,1-3H3,(H,13,14). The van der Waals surface area contributed by atoms with Crippen LogP contribution in [0.5, 0.6) is 0 Å². The molecule has 0 unspecified atom stereocenters. The van der Waals surface area contributed by atoms with Crippen molar-refractivity contribution in [2.75, 3.05) is 5.75 Å². The molecule has 0 radical (unpaired) electrons. The molecule has 0 aliphatic carbocycles. The van der Waals surface area contributed by atoms with Crippen LogP contribution < -0.4 is 0 Å². The highest BCUT2D eigenvalue weighted by Crippen LogP contribution is 2.18. The molecule has 1 heterocycles. The second-order valence-electron chi connectivity index (χ2n) is 3.25. The van der Waals surface area contributed by atoms with Crippen molar-refractivity contribution in [1.82, 2.24) is 9.78 Å². The lowest BCUT2D eigenvalue weighted by atomic mass is 10.3. The summed E-state index contributed by atoms with van der Waals surface area (Å²) in [6.07, 6.45) is 1.70. The SMILES string of the molecule is CC(=CCSc1cc(C)nn1C)C(=O)O. The molecule has 0 saturated heterocycles. The Morgan fingerprint density at radius 1 is 1.73 bits per heavy atom. The molecular weight excluding hydrogens is 212 g/mol. The first-order valence-electron chi connectivity index (χ1n) is 4.54. The summed E-state index contributed by atoms with van der Waals surface area (Å²) >= 11 is 1.57. The van der Waals surface area contributed by atoms with E-state index in [1.54, 1.807) is 29.4 Å². The Morgan fingerprint density at radius 2 is 2.40 bits per heavy atom. The highest BCUT2D eigenvalue weighted by Gasteiger charge is 2.02. The molecule has 1 aromatic rings. The minimum Gasteiger partial charge on any atom is -0.478 e. The summed E-state index contributed by atoms with van der Waals surface area (Å²) in [5.74, 6) is -0.214. The summed E-state index contributed by atoms with van der Waals surface area (Å²) in [5, 5.41) is 13.9. The van der Waals surface area contributed by atoms with Gasteiger partial charge in [0.25, 0.3) is 0 Å². The van der Waals surface area contributed by atoms with Crippen LogP contribution in [0.3, 0.4) is 0 Å². The summed E-state index contributed by atoms with van der Waals surface area (Å²) in [5.41, 5.74) is 1.35. The van der Waals surface area contributed by atoms with Crippen molar-refractivity contribution >= 4 is 17.7 Å². The predicted molar refractivity (Wildman–Crippen MR) is 60.1 cm³/mol. The highest BCUT2D eigenvalue weighted by molar-refractivity contribution is 7.99. The van der Waals surface area contributed by atoms with Crippen LogP contribution in [0, 0.1) is 6.92 Å². The Kier molecular flexibility index (Phi) is 3.96. The first kappa shape index (κ1) is 11.8. The fourth-order valence-corrected chi connectivity index (χ4v) is 2.05. The maximum absolute atomic E-state index is 10.5. The largest absolute Gasteiger partial charge is 0.478 e. The van der Waals surface area contributed by atoms with Crippen LogP contribution in [0.4, 0.5) is 0 Å². The second-order valence-corrected chi connectivity index (χ2v) is 4.29. The smallest absolute Gasteiger partial charge is 0.330 e. The maximum atomic E-state index is 10.5. The minimum atomic E-state index is -0.864. The van der Waals surface area contributed by atoms with Crippen LogP contribution in [0.15, 0.2) is 22.7 Å². The lowest BCUT2D eigenvalue weighted by Crippen LogP contribution is -1.97. The molecule has 15 heavy (non-hydrogen) atoms. The van der Waals surface area contributed by atoms with Crippen molar-refractivity contribution < 1.29 is 9.90 Å². The number of rotatable bonds is 4. The quantitative estimate of drug-likeness (QED) is 0.629. The third kappa shape index (κ3) is 3.43. The molecule has 0 aromatic carbocycles. The van der Waals surface area contributed by atoms with Gasteiger partial charge in [-0.1, -0.05) is 6.08 Å². The first-order valence-corrected chi connectivity index (χ1v) is 5.52. The van der Waals surface area contributed by atoms with E-state index in [4.69, 9.17) is 5.11 Å². The second kappa shape index (κ2) is 5.02. The number of nitrogens with zero attached hydrogens (tertiary/aromatic N) is 2. The van der Waals surface area contributed by atoms with Gasteiger partial charge in [-0.25, -0.2) is 4.79 Å². The lowest BCUT2D eigenvalue weighted by Gasteiger charge is -1.98. The predicted octanol–water partition coefficient (Wildman–Crippen LogP) is 1.85. The number of thioether (sulfide) groups is 1. The van der Waals surface area contributed by atoms with E-state index in [1.165, 1.54) is 0 Å². The van der Waals surface area contributed by atoms with Crippen LogP contribution in [0.25, 0.3) is 0 Å². The number of aryl methyl sites for hydroxylation is 2. The van der Waals surface area contributed by atoms with Gasteiger partial charge in [0.1, 0.15) is 0 Å². The van der Waals surface area contributed by atoms with Gasteiger partial charge < -0.3 is 5.11 Å². The van der Waals surface area contributed by atoms with Crippen LogP contribution >= 0.6 is 11.8 Å². The van der Waals surface area contributed by atoms with Gasteiger partial charge in [-0.2, -0.15) is 5.10 Å². The van der Waals surface area contributed by atoms with Crippen LogP contribution in [0.2, 0.25) is 0 Å². The van der Waals surface area contributed by atoms with E-state index >= 15 is 0 Å². The lowest BCUT2D eigenvalue weighted by molar-refractivity contribution is -0.132. The van der Waals surface area contributed by atoms with E-state index in [1.807, 2.05) is 20.0 Å². The fraction of sp³-hybridized carbons (Fsp3) is 0.400. The maximum Gasteiger partial charge on any atom is 0.330 e.